The van der Waals surface area contributed by atoms with Gasteiger partial charge in [0.2, 0.25) is 5.91 Å². The van der Waals surface area contributed by atoms with E-state index in [1.54, 1.807) is 0 Å². The molecule has 2 aromatic rings. The molecule has 20 heavy (non-hydrogen) atoms. The van der Waals surface area contributed by atoms with Gasteiger partial charge in [0.1, 0.15) is 5.82 Å². The molecule has 0 atom stereocenters. The predicted molar refractivity (Wildman–Crippen MR) is 77.0 cm³/mol. The van der Waals surface area contributed by atoms with E-state index in [0.717, 1.165) is 0 Å². The van der Waals surface area contributed by atoms with Gasteiger partial charge in [0.15, 0.2) is 0 Å². The van der Waals surface area contributed by atoms with E-state index in [0.29, 0.717) is 15.7 Å². The van der Waals surface area contributed by atoms with E-state index in [9.17, 15) is 14.0 Å². The SMILES string of the molecule is NC(=O)c1ccc(NC(=O)c2cc(Br)ccc2F)cc1. The zero-order chi connectivity index (χ0) is 14.7. The first-order chi connectivity index (χ1) is 9.47. The van der Waals surface area contributed by atoms with Gasteiger partial charge in [-0.3, -0.25) is 9.59 Å². The summed E-state index contributed by atoms with van der Waals surface area (Å²) in [7, 11) is 0. The number of hydrogen-bond acceptors (Lipinski definition) is 2. The Bertz CT molecular complexity index is 671. The third-order valence-corrected chi connectivity index (χ3v) is 3.09. The second kappa shape index (κ2) is 5.83. The Balaban J connectivity index is 2.19. The number of primary amides is 1. The molecule has 6 heteroatoms. The summed E-state index contributed by atoms with van der Waals surface area (Å²) in [5.41, 5.74) is 5.81. The van der Waals surface area contributed by atoms with Crippen molar-refractivity contribution in [1.29, 1.82) is 0 Å². The highest BCUT2D eigenvalue weighted by atomic mass is 79.9. The van der Waals surface area contributed by atoms with Crippen LogP contribution in [0.15, 0.2) is 46.9 Å². The van der Waals surface area contributed by atoms with Crippen LogP contribution in [0.2, 0.25) is 0 Å². The normalized spacial score (nSPS) is 10.1. The molecule has 102 valence electrons. The van der Waals surface area contributed by atoms with Gasteiger partial charge >= 0.3 is 0 Å². The third-order valence-electron chi connectivity index (χ3n) is 2.60. The fraction of sp³-hybridized carbons (Fsp3) is 0. The standard InChI is InChI=1S/C14H10BrFN2O2/c15-9-3-6-12(16)11(7-9)14(20)18-10-4-1-8(2-5-10)13(17)19/h1-7H,(H2,17,19)(H,18,20). The summed E-state index contributed by atoms with van der Waals surface area (Å²) in [5.74, 6) is -1.74. The summed E-state index contributed by atoms with van der Waals surface area (Å²) in [6.45, 7) is 0. The van der Waals surface area contributed by atoms with Crippen molar-refractivity contribution < 1.29 is 14.0 Å². The molecule has 4 nitrogen and oxygen atoms in total. The van der Waals surface area contributed by atoms with Crippen molar-refractivity contribution in [2.45, 2.75) is 0 Å². The highest BCUT2D eigenvalue weighted by Crippen LogP contribution is 2.17. The number of nitrogens with one attached hydrogen (secondary N) is 1. The number of benzene rings is 2. The van der Waals surface area contributed by atoms with Gasteiger partial charge in [-0.1, -0.05) is 15.9 Å². The number of carbonyl (C=O) groups excluding carboxylic acids is 2. The number of rotatable bonds is 3. The number of halogens is 2. The van der Waals surface area contributed by atoms with Crippen LogP contribution < -0.4 is 11.1 Å². The van der Waals surface area contributed by atoms with Gasteiger partial charge < -0.3 is 11.1 Å². The van der Waals surface area contributed by atoms with Crippen molar-refractivity contribution in [2.75, 3.05) is 5.32 Å². The van der Waals surface area contributed by atoms with Crippen molar-refractivity contribution in [3.05, 3.63) is 63.9 Å². The van der Waals surface area contributed by atoms with Crippen molar-refractivity contribution >= 4 is 33.4 Å². The largest absolute Gasteiger partial charge is 0.366 e. The Morgan fingerprint density at radius 1 is 1.10 bits per heavy atom. The van der Waals surface area contributed by atoms with Gasteiger partial charge in [-0.05, 0) is 42.5 Å². The summed E-state index contributed by atoms with van der Waals surface area (Å²) in [6.07, 6.45) is 0. The first kappa shape index (κ1) is 14.2. The van der Waals surface area contributed by atoms with Gasteiger partial charge in [0.25, 0.3) is 5.91 Å². The minimum atomic E-state index is -0.612. The molecule has 0 bridgehead atoms. The fourth-order valence-corrected chi connectivity index (χ4v) is 1.95. The number of anilines is 1. The molecule has 0 aliphatic heterocycles. The quantitative estimate of drug-likeness (QED) is 0.904. The molecule has 0 aromatic heterocycles. The molecule has 0 radical (unpaired) electrons. The molecule has 2 amide bonds. The van der Waals surface area contributed by atoms with Gasteiger partial charge in [-0.15, -0.1) is 0 Å². The molecule has 0 unspecified atom stereocenters. The second-order valence-corrected chi connectivity index (χ2v) is 4.94. The van der Waals surface area contributed by atoms with Crippen LogP contribution in [0.1, 0.15) is 20.7 Å². The number of amides is 2. The van der Waals surface area contributed by atoms with Gasteiger partial charge in [-0.2, -0.15) is 0 Å². The second-order valence-electron chi connectivity index (χ2n) is 4.02. The van der Waals surface area contributed by atoms with Crippen molar-refractivity contribution in [1.82, 2.24) is 0 Å². The van der Waals surface area contributed by atoms with E-state index >= 15 is 0 Å². The summed E-state index contributed by atoms with van der Waals surface area (Å²) < 4.78 is 14.2. The Kier molecular flexibility index (Phi) is 4.14. The minimum Gasteiger partial charge on any atom is -0.366 e. The average Bonchev–Trinajstić information content (AvgIpc) is 2.42. The van der Waals surface area contributed by atoms with Crippen LogP contribution in [0.5, 0.6) is 0 Å². The van der Waals surface area contributed by atoms with Gasteiger partial charge in [0, 0.05) is 15.7 Å². The molecular weight excluding hydrogens is 327 g/mol. The molecule has 2 rings (SSSR count). The highest BCUT2D eigenvalue weighted by molar-refractivity contribution is 9.10. The molecular formula is C14H10BrFN2O2. The van der Waals surface area contributed by atoms with Crippen molar-refractivity contribution in [3.63, 3.8) is 0 Å². The molecule has 0 aliphatic carbocycles. The maximum absolute atomic E-state index is 13.5. The number of hydrogen-bond donors (Lipinski definition) is 2. The molecule has 0 saturated heterocycles. The van der Waals surface area contributed by atoms with Crippen LogP contribution in [-0.2, 0) is 0 Å². The molecule has 3 N–H and O–H groups in total. The minimum absolute atomic E-state index is 0.0710. The lowest BCUT2D eigenvalue weighted by atomic mass is 10.1. The summed E-state index contributed by atoms with van der Waals surface area (Å²) >= 11 is 3.18. The zero-order valence-electron chi connectivity index (χ0n) is 10.2. The van der Waals surface area contributed by atoms with Crippen LogP contribution in [0, 0.1) is 5.82 Å². The van der Waals surface area contributed by atoms with Crippen LogP contribution >= 0.6 is 15.9 Å². The van der Waals surface area contributed by atoms with E-state index in [-0.39, 0.29) is 5.56 Å². The number of nitrogens with two attached hydrogens (primary N) is 1. The fourth-order valence-electron chi connectivity index (χ4n) is 1.59. The van der Waals surface area contributed by atoms with Crippen LogP contribution in [0.4, 0.5) is 10.1 Å². The lowest BCUT2D eigenvalue weighted by Crippen LogP contribution is -2.14. The van der Waals surface area contributed by atoms with Crippen molar-refractivity contribution in [3.8, 4) is 0 Å². The first-order valence-corrected chi connectivity index (χ1v) is 6.43. The molecule has 0 aliphatic rings. The van der Waals surface area contributed by atoms with E-state index in [1.165, 1.54) is 42.5 Å². The smallest absolute Gasteiger partial charge is 0.258 e. The molecule has 0 spiro atoms. The molecule has 2 aromatic carbocycles. The van der Waals surface area contributed by atoms with Gasteiger partial charge in [0.05, 0.1) is 5.56 Å². The monoisotopic (exact) mass is 336 g/mol. The van der Waals surface area contributed by atoms with Gasteiger partial charge in [-0.25, -0.2) is 4.39 Å². The topological polar surface area (TPSA) is 72.2 Å². The Morgan fingerprint density at radius 2 is 1.75 bits per heavy atom. The van der Waals surface area contributed by atoms with Crippen LogP contribution in [0.3, 0.4) is 0 Å². The lowest BCUT2D eigenvalue weighted by molar-refractivity contribution is 0.0997. The maximum Gasteiger partial charge on any atom is 0.258 e. The molecule has 0 fully saturated rings. The summed E-state index contributed by atoms with van der Waals surface area (Å²) in [6, 6.07) is 10.1. The summed E-state index contributed by atoms with van der Waals surface area (Å²) in [4.78, 5) is 22.9. The third kappa shape index (κ3) is 3.21. The average molecular weight is 337 g/mol. The molecule has 0 saturated carbocycles. The van der Waals surface area contributed by atoms with Crippen LogP contribution in [0.25, 0.3) is 0 Å². The van der Waals surface area contributed by atoms with Crippen LogP contribution in [-0.4, -0.2) is 11.8 Å². The molecule has 0 heterocycles. The van der Waals surface area contributed by atoms with E-state index < -0.39 is 17.6 Å². The Labute approximate surface area is 122 Å². The Hall–Kier alpha value is -2.21. The van der Waals surface area contributed by atoms with E-state index in [4.69, 9.17) is 5.73 Å². The summed E-state index contributed by atoms with van der Waals surface area (Å²) in [5, 5.41) is 2.54. The van der Waals surface area contributed by atoms with E-state index in [2.05, 4.69) is 21.2 Å². The number of carbonyl (C=O) groups is 2. The highest BCUT2D eigenvalue weighted by Gasteiger charge is 2.12. The zero-order valence-corrected chi connectivity index (χ0v) is 11.8. The predicted octanol–water partition coefficient (Wildman–Crippen LogP) is 2.94. The van der Waals surface area contributed by atoms with Crippen molar-refractivity contribution in [2.24, 2.45) is 5.73 Å². The first-order valence-electron chi connectivity index (χ1n) is 5.63. The van der Waals surface area contributed by atoms with E-state index in [1.807, 2.05) is 0 Å². The maximum atomic E-state index is 13.5. The lowest BCUT2D eigenvalue weighted by Gasteiger charge is -2.07. The Morgan fingerprint density at radius 3 is 2.35 bits per heavy atom.